The lowest BCUT2D eigenvalue weighted by Crippen LogP contribution is -2.28. The van der Waals surface area contributed by atoms with Crippen LogP contribution in [0.1, 0.15) is 52.4 Å². The summed E-state index contributed by atoms with van der Waals surface area (Å²) in [6.07, 6.45) is 6.68. The summed E-state index contributed by atoms with van der Waals surface area (Å²) in [4.78, 5) is 4.08. The topological polar surface area (TPSA) is 15.7 Å². The molecule has 142 valence electrons. The predicted octanol–water partition coefficient (Wildman–Crippen LogP) is 4.85. The van der Waals surface area contributed by atoms with Crippen molar-refractivity contribution in [2.24, 2.45) is 0 Å². The molecule has 0 saturated carbocycles. The fourth-order valence-electron chi connectivity index (χ4n) is 3.41. The van der Waals surface area contributed by atoms with E-state index in [9.17, 15) is 8.78 Å². The van der Waals surface area contributed by atoms with Crippen molar-refractivity contribution in [3.8, 4) is 5.75 Å². The van der Waals surface area contributed by atoms with Crippen molar-refractivity contribution in [1.29, 1.82) is 0 Å². The predicted molar refractivity (Wildman–Crippen MR) is 99.6 cm³/mol. The Hall–Kier alpha value is -1.36. The lowest BCUT2D eigenvalue weighted by atomic mass is 10.1. The third-order valence-corrected chi connectivity index (χ3v) is 4.98. The second kappa shape index (κ2) is 10.6. The number of anilines is 1. The summed E-state index contributed by atoms with van der Waals surface area (Å²) in [7, 11) is 0. The van der Waals surface area contributed by atoms with E-state index in [1.807, 2.05) is 4.90 Å². The van der Waals surface area contributed by atoms with Crippen LogP contribution < -0.4 is 9.64 Å². The molecular formula is C20H32F2N2O. The molecule has 1 heterocycles. The first-order valence-corrected chi connectivity index (χ1v) is 9.74. The van der Waals surface area contributed by atoms with Gasteiger partial charge in [-0.1, -0.05) is 39.5 Å². The molecule has 1 fully saturated rings. The summed E-state index contributed by atoms with van der Waals surface area (Å²) in [6.45, 7) is 8.68. The van der Waals surface area contributed by atoms with Crippen molar-refractivity contribution < 1.29 is 13.5 Å². The molecule has 5 heteroatoms. The number of likely N-dealkylation sites (N-methyl/N-ethyl adjacent to an activating group) is 1. The van der Waals surface area contributed by atoms with E-state index in [-0.39, 0.29) is 11.4 Å². The summed E-state index contributed by atoms with van der Waals surface area (Å²) >= 11 is 0. The summed E-state index contributed by atoms with van der Waals surface area (Å²) in [5.74, 6) is -0.760. The molecule has 1 saturated heterocycles. The van der Waals surface area contributed by atoms with Gasteiger partial charge in [-0.05, 0) is 25.9 Å². The maximum absolute atomic E-state index is 14.6. The zero-order valence-corrected chi connectivity index (χ0v) is 15.7. The van der Waals surface area contributed by atoms with Crippen molar-refractivity contribution in [2.45, 2.75) is 52.4 Å². The Kier molecular flexibility index (Phi) is 8.45. The van der Waals surface area contributed by atoms with Crippen molar-refractivity contribution >= 4 is 5.69 Å². The first kappa shape index (κ1) is 20.0. The third-order valence-electron chi connectivity index (χ3n) is 4.98. The number of ether oxygens (including phenoxy) is 1. The summed E-state index contributed by atoms with van der Waals surface area (Å²) in [5, 5.41) is 0. The van der Waals surface area contributed by atoms with Gasteiger partial charge in [0, 0.05) is 31.8 Å². The van der Waals surface area contributed by atoms with Gasteiger partial charge in [-0.15, -0.1) is 0 Å². The largest absolute Gasteiger partial charge is 0.492 e. The standard InChI is InChI=1S/C20H32F2N2O/c1-3-23(4-2)13-14-25-17-15-18(21)20(19(22)16-17)24-11-9-7-5-6-8-10-12-24/h15-16H,3-14H2,1-2H3. The first-order chi connectivity index (χ1) is 12.2. The van der Waals surface area contributed by atoms with E-state index in [0.29, 0.717) is 6.61 Å². The molecule has 1 aliphatic heterocycles. The molecule has 0 spiro atoms. The van der Waals surface area contributed by atoms with Crippen LogP contribution in [0.3, 0.4) is 0 Å². The quantitative estimate of drug-likeness (QED) is 0.696. The van der Waals surface area contributed by atoms with Gasteiger partial charge in [0.05, 0.1) is 0 Å². The van der Waals surface area contributed by atoms with Crippen LogP contribution in [-0.4, -0.2) is 44.2 Å². The number of hydrogen-bond acceptors (Lipinski definition) is 3. The monoisotopic (exact) mass is 354 g/mol. The smallest absolute Gasteiger partial charge is 0.153 e. The molecule has 0 N–H and O–H groups in total. The van der Waals surface area contributed by atoms with E-state index in [0.717, 1.165) is 58.4 Å². The highest BCUT2D eigenvalue weighted by Crippen LogP contribution is 2.29. The molecule has 1 aromatic carbocycles. The molecule has 1 aliphatic rings. The van der Waals surface area contributed by atoms with Crippen LogP contribution in [0.25, 0.3) is 0 Å². The van der Waals surface area contributed by atoms with Crippen molar-refractivity contribution in [3.05, 3.63) is 23.8 Å². The van der Waals surface area contributed by atoms with Crippen LogP contribution in [0.15, 0.2) is 12.1 Å². The second-order valence-electron chi connectivity index (χ2n) is 6.72. The zero-order chi connectivity index (χ0) is 18.1. The van der Waals surface area contributed by atoms with Crippen LogP contribution in [0.2, 0.25) is 0 Å². The Labute approximate surface area is 150 Å². The Balaban J connectivity index is 2.02. The minimum Gasteiger partial charge on any atom is -0.492 e. The second-order valence-corrected chi connectivity index (χ2v) is 6.72. The normalized spacial score (nSPS) is 16.4. The van der Waals surface area contributed by atoms with E-state index in [1.54, 1.807) is 0 Å². The van der Waals surface area contributed by atoms with Crippen LogP contribution >= 0.6 is 0 Å². The minimum absolute atomic E-state index is 0.109. The Morgan fingerprint density at radius 1 is 0.920 bits per heavy atom. The molecule has 0 amide bonds. The van der Waals surface area contributed by atoms with Crippen molar-refractivity contribution in [3.63, 3.8) is 0 Å². The lowest BCUT2D eigenvalue weighted by molar-refractivity contribution is 0.222. The van der Waals surface area contributed by atoms with Gasteiger partial charge in [0.15, 0.2) is 11.6 Å². The Morgan fingerprint density at radius 2 is 1.44 bits per heavy atom. The van der Waals surface area contributed by atoms with Crippen LogP contribution in [0.4, 0.5) is 14.5 Å². The van der Waals surface area contributed by atoms with Gasteiger partial charge in [0.25, 0.3) is 0 Å². The molecular weight excluding hydrogens is 322 g/mol. The van der Waals surface area contributed by atoms with Crippen LogP contribution in [0, 0.1) is 11.6 Å². The van der Waals surface area contributed by atoms with Gasteiger partial charge < -0.3 is 14.5 Å². The summed E-state index contributed by atoms with van der Waals surface area (Å²) < 4.78 is 34.7. The number of halogens is 2. The van der Waals surface area contributed by atoms with E-state index in [2.05, 4.69) is 18.7 Å². The number of hydrogen-bond donors (Lipinski definition) is 0. The van der Waals surface area contributed by atoms with Crippen molar-refractivity contribution in [1.82, 2.24) is 4.90 Å². The average molecular weight is 354 g/mol. The van der Waals surface area contributed by atoms with Gasteiger partial charge in [-0.25, -0.2) is 8.78 Å². The molecule has 0 aliphatic carbocycles. The fourth-order valence-corrected chi connectivity index (χ4v) is 3.41. The zero-order valence-electron chi connectivity index (χ0n) is 15.7. The summed E-state index contributed by atoms with van der Waals surface area (Å²) in [6, 6.07) is 2.65. The molecule has 2 rings (SSSR count). The van der Waals surface area contributed by atoms with Gasteiger partial charge in [-0.2, -0.15) is 0 Å². The fraction of sp³-hybridized carbons (Fsp3) is 0.700. The van der Waals surface area contributed by atoms with Gasteiger partial charge >= 0.3 is 0 Å². The van der Waals surface area contributed by atoms with Gasteiger partial charge in [0.1, 0.15) is 18.0 Å². The number of benzene rings is 1. The Morgan fingerprint density at radius 3 is 1.96 bits per heavy atom. The SMILES string of the molecule is CCN(CC)CCOc1cc(F)c(N2CCCCCCCC2)c(F)c1. The molecule has 0 unspecified atom stereocenters. The first-order valence-electron chi connectivity index (χ1n) is 9.74. The molecule has 0 aromatic heterocycles. The highest BCUT2D eigenvalue weighted by atomic mass is 19.1. The van der Waals surface area contributed by atoms with E-state index in [4.69, 9.17) is 4.74 Å². The van der Waals surface area contributed by atoms with Crippen molar-refractivity contribution in [2.75, 3.05) is 44.2 Å². The van der Waals surface area contributed by atoms with E-state index in [1.165, 1.54) is 25.0 Å². The molecule has 1 aromatic rings. The van der Waals surface area contributed by atoms with Gasteiger partial charge in [0.2, 0.25) is 0 Å². The highest BCUT2D eigenvalue weighted by molar-refractivity contribution is 5.52. The van der Waals surface area contributed by atoms with Crippen LogP contribution in [0.5, 0.6) is 5.75 Å². The lowest BCUT2D eigenvalue weighted by Gasteiger charge is -2.25. The van der Waals surface area contributed by atoms with Gasteiger partial charge in [-0.3, -0.25) is 0 Å². The molecule has 3 nitrogen and oxygen atoms in total. The summed E-state index contributed by atoms with van der Waals surface area (Å²) in [5.41, 5.74) is 0.109. The van der Waals surface area contributed by atoms with E-state index >= 15 is 0 Å². The molecule has 0 radical (unpaired) electrons. The maximum Gasteiger partial charge on any atom is 0.153 e. The Bertz CT molecular complexity index is 487. The highest BCUT2D eigenvalue weighted by Gasteiger charge is 2.19. The maximum atomic E-state index is 14.6. The molecule has 0 atom stereocenters. The number of nitrogens with zero attached hydrogens (tertiary/aromatic N) is 2. The molecule has 0 bridgehead atoms. The molecule has 25 heavy (non-hydrogen) atoms. The minimum atomic E-state index is -0.517. The van der Waals surface area contributed by atoms with E-state index < -0.39 is 11.6 Å². The average Bonchev–Trinajstić information content (AvgIpc) is 2.72. The number of rotatable bonds is 7. The third kappa shape index (κ3) is 6.14. The van der Waals surface area contributed by atoms with Crippen LogP contribution in [-0.2, 0) is 0 Å².